The van der Waals surface area contributed by atoms with E-state index in [0.717, 1.165) is 35.6 Å². The number of hydrogen-bond acceptors (Lipinski definition) is 8. The molecule has 1 fully saturated rings. The minimum Gasteiger partial charge on any atom is -0.447 e. The SMILES string of the molecule is CCNS(=O)(=O)c1cc(N(C)CCO)ccc1-c1cnc(C2CCC(NC(=O)OC(C)C)CC2)s1. The minimum atomic E-state index is -3.72. The highest BCUT2D eigenvalue weighted by Gasteiger charge is 2.27. The predicted molar refractivity (Wildman–Crippen MR) is 139 cm³/mol. The smallest absolute Gasteiger partial charge is 0.407 e. The molecule has 194 valence electrons. The number of thiazole rings is 1. The molecule has 1 amide bonds. The number of aliphatic hydroxyl groups is 1. The highest BCUT2D eigenvalue weighted by atomic mass is 32.2. The number of alkyl carbamates (subject to hydrolysis) is 1. The first-order valence-corrected chi connectivity index (χ1v) is 14.3. The van der Waals surface area contributed by atoms with Crippen LogP contribution in [0.3, 0.4) is 0 Å². The summed E-state index contributed by atoms with van der Waals surface area (Å²) in [5.41, 5.74) is 1.33. The third-order valence-electron chi connectivity index (χ3n) is 6.00. The van der Waals surface area contributed by atoms with Crippen LogP contribution in [0.5, 0.6) is 0 Å². The van der Waals surface area contributed by atoms with Crippen LogP contribution < -0.4 is 14.9 Å². The number of amides is 1. The van der Waals surface area contributed by atoms with Crippen LogP contribution in [0.2, 0.25) is 0 Å². The van der Waals surface area contributed by atoms with Crippen LogP contribution in [0.4, 0.5) is 10.5 Å². The summed E-state index contributed by atoms with van der Waals surface area (Å²) in [6.45, 7) is 6.06. The monoisotopic (exact) mass is 524 g/mol. The summed E-state index contributed by atoms with van der Waals surface area (Å²) < 4.78 is 33.8. The maximum Gasteiger partial charge on any atom is 0.407 e. The van der Waals surface area contributed by atoms with E-state index in [1.54, 1.807) is 19.2 Å². The summed E-state index contributed by atoms with van der Waals surface area (Å²) in [5.74, 6) is 0.275. The third-order valence-corrected chi connectivity index (χ3v) is 8.77. The van der Waals surface area contributed by atoms with Crippen molar-refractivity contribution in [2.24, 2.45) is 0 Å². The molecule has 0 radical (unpaired) electrons. The number of hydrogen-bond donors (Lipinski definition) is 3. The van der Waals surface area contributed by atoms with Gasteiger partial charge in [0, 0.05) is 49.5 Å². The molecule has 11 heteroatoms. The molecule has 3 rings (SSSR count). The van der Waals surface area contributed by atoms with E-state index in [1.807, 2.05) is 37.9 Å². The van der Waals surface area contributed by atoms with Crippen molar-refractivity contribution in [2.45, 2.75) is 69.4 Å². The lowest BCUT2D eigenvalue weighted by molar-refractivity contribution is 0.109. The van der Waals surface area contributed by atoms with Crippen LogP contribution >= 0.6 is 11.3 Å². The Morgan fingerprint density at radius 3 is 2.63 bits per heavy atom. The van der Waals surface area contributed by atoms with Gasteiger partial charge in [-0.15, -0.1) is 11.3 Å². The lowest BCUT2D eigenvalue weighted by atomic mass is 9.86. The molecule has 0 spiro atoms. The number of sulfonamides is 1. The van der Waals surface area contributed by atoms with Crippen LogP contribution in [0.25, 0.3) is 10.4 Å². The quantitative estimate of drug-likeness (QED) is 0.433. The van der Waals surface area contributed by atoms with E-state index in [0.29, 0.717) is 17.8 Å². The summed E-state index contributed by atoms with van der Waals surface area (Å²) in [5, 5.41) is 13.2. The zero-order valence-corrected chi connectivity index (χ0v) is 22.4. The van der Waals surface area contributed by atoms with Gasteiger partial charge in [0.15, 0.2) is 0 Å². The second kappa shape index (κ2) is 12.2. The van der Waals surface area contributed by atoms with Crippen molar-refractivity contribution >= 4 is 33.1 Å². The molecule has 9 nitrogen and oxygen atoms in total. The van der Waals surface area contributed by atoms with E-state index < -0.39 is 10.0 Å². The number of aromatic nitrogens is 1. The number of anilines is 1. The van der Waals surface area contributed by atoms with E-state index >= 15 is 0 Å². The fourth-order valence-corrected chi connectivity index (χ4v) is 6.69. The molecule has 1 aliphatic rings. The van der Waals surface area contributed by atoms with Crippen molar-refractivity contribution in [3.05, 3.63) is 29.4 Å². The van der Waals surface area contributed by atoms with Gasteiger partial charge in [-0.3, -0.25) is 0 Å². The summed E-state index contributed by atoms with van der Waals surface area (Å²) in [4.78, 5) is 19.3. The van der Waals surface area contributed by atoms with Gasteiger partial charge >= 0.3 is 6.09 Å². The molecule has 0 aliphatic heterocycles. The average Bonchev–Trinajstić information content (AvgIpc) is 3.29. The largest absolute Gasteiger partial charge is 0.447 e. The van der Waals surface area contributed by atoms with E-state index in [4.69, 9.17) is 4.74 Å². The van der Waals surface area contributed by atoms with Gasteiger partial charge in [-0.2, -0.15) is 0 Å². The number of nitrogens with one attached hydrogen (secondary N) is 2. The first kappa shape index (κ1) is 27.4. The summed E-state index contributed by atoms with van der Waals surface area (Å²) in [7, 11) is -1.90. The lowest BCUT2D eigenvalue weighted by Gasteiger charge is -2.28. The van der Waals surface area contributed by atoms with E-state index in [2.05, 4.69) is 15.0 Å². The molecule has 1 aromatic carbocycles. The normalized spacial score (nSPS) is 18.5. The fourth-order valence-electron chi connectivity index (χ4n) is 4.22. The number of aliphatic hydroxyl groups excluding tert-OH is 1. The maximum atomic E-state index is 13.0. The molecule has 0 unspecified atom stereocenters. The van der Waals surface area contributed by atoms with Crippen molar-refractivity contribution in [3.63, 3.8) is 0 Å². The number of rotatable bonds is 10. The lowest BCUT2D eigenvalue weighted by Crippen LogP contribution is -2.38. The molecule has 3 N–H and O–H groups in total. The number of likely N-dealkylation sites (N-methyl/N-ethyl adjacent to an activating group) is 1. The van der Waals surface area contributed by atoms with Crippen molar-refractivity contribution in [3.8, 4) is 10.4 Å². The zero-order chi connectivity index (χ0) is 25.6. The molecule has 1 aliphatic carbocycles. The van der Waals surface area contributed by atoms with Crippen LogP contribution in [0.15, 0.2) is 29.3 Å². The Labute approximate surface area is 212 Å². The molecular weight excluding hydrogens is 488 g/mol. The molecular formula is C24H36N4O5S2. The number of carbonyl (C=O) groups is 1. The van der Waals surface area contributed by atoms with Gasteiger partial charge in [-0.05, 0) is 51.7 Å². The van der Waals surface area contributed by atoms with Gasteiger partial charge in [-0.1, -0.05) is 13.0 Å². The second-order valence-electron chi connectivity index (χ2n) is 9.04. The second-order valence-corrected chi connectivity index (χ2v) is 11.8. The van der Waals surface area contributed by atoms with Gasteiger partial charge in [0.1, 0.15) is 0 Å². The maximum absolute atomic E-state index is 13.0. The highest BCUT2D eigenvalue weighted by Crippen LogP contribution is 2.40. The van der Waals surface area contributed by atoms with Crippen molar-refractivity contribution < 1.29 is 23.1 Å². The van der Waals surface area contributed by atoms with Gasteiger partial charge in [-0.25, -0.2) is 22.9 Å². The third kappa shape index (κ3) is 7.16. The zero-order valence-electron chi connectivity index (χ0n) is 20.8. The van der Waals surface area contributed by atoms with Crippen molar-refractivity contribution in [1.29, 1.82) is 0 Å². The van der Waals surface area contributed by atoms with Crippen LogP contribution in [-0.2, 0) is 14.8 Å². The van der Waals surface area contributed by atoms with Crippen molar-refractivity contribution in [2.75, 3.05) is 31.6 Å². The molecule has 2 aromatic rings. The van der Waals surface area contributed by atoms with Gasteiger partial charge < -0.3 is 20.1 Å². The Kier molecular flexibility index (Phi) is 9.51. The predicted octanol–water partition coefficient (Wildman–Crippen LogP) is 3.70. The molecule has 0 atom stereocenters. The Morgan fingerprint density at radius 1 is 1.29 bits per heavy atom. The summed E-state index contributed by atoms with van der Waals surface area (Å²) in [6.07, 6.45) is 4.71. The van der Waals surface area contributed by atoms with E-state index in [9.17, 15) is 18.3 Å². The summed E-state index contributed by atoms with van der Waals surface area (Å²) >= 11 is 1.52. The number of benzene rings is 1. The Balaban J connectivity index is 1.78. The first-order valence-electron chi connectivity index (χ1n) is 12.0. The minimum absolute atomic E-state index is 0.0254. The Morgan fingerprint density at radius 2 is 2.00 bits per heavy atom. The highest BCUT2D eigenvalue weighted by molar-refractivity contribution is 7.89. The number of ether oxygens (including phenoxy) is 1. The Bertz CT molecular complexity index is 1100. The topological polar surface area (TPSA) is 121 Å². The van der Waals surface area contributed by atoms with E-state index in [1.165, 1.54) is 11.3 Å². The van der Waals surface area contributed by atoms with Crippen LogP contribution in [-0.4, -0.2) is 63.5 Å². The molecule has 1 saturated carbocycles. The number of carbonyl (C=O) groups excluding carboxylic acids is 1. The molecule has 0 saturated heterocycles. The van der Waals surface area contributed by atoms with Gasteiger partial charge in [0.25, 0.3) is 0 Å². The summed E-state index contributed by atoms with van der Waals surface area (Å²) in [6, 6.07) is 5.42. The fraction of sp³-hybridized carbons (Fsp3) is 0.583. The van der Waals surface area contributed by atoms with Crippen LogP contribution in [0.1, 0.15) is 57.4 Å². The Hall–Kier alpha value is -2.21. The average molecular weight is 525 g/mol. The molecule has 0 bridgehead atoms. The van der Waals surface area contributed by atoms with E-state index in [-0.39, 0.29) is 42.2 Å². The van der Waals surface area contributed by atoms with Crippen molar-refractivity contribution in [1.82, 2.24) is 15.0 Å². The van der Waals surface area contributed by atoms with Gasteiger partial charge in [0.2, 0.25) is 10.0 Å². The molecule has 1 aromatic heterocycles. The number of nitrogens with zero attached hydrogens (tertiary/aromatic N) is 2. The standard InChI is InChI=1S/C24H36N4O5S2/c1-5-26-35(31,32)22-14-19(28(4)12-13-29)10-11-20(22)21-15-25-23(34-21)17-6-8-18(9-7-17)27-24(30)33-16(2)3/h10-11,14-18,26,29H,5-9,12-13H2,1-4H3,(H,27,30). The van der Waals surface area contributed by atoms with Gasteiger partial charge in [0.05, 0.1) is 27.5 Å². The first-order chi connectivity index (χ1) is 16.6. The molecule has 35 heavy (non-hydrogen) atoms. The molecule has 1 heterocycles. The van der Waals surface area contributed by atoms with Crippen LogP contribution in [0, 0.1) is 0 Å².